The van der Waals surface area contributed by atoms with Gasteiger partial charge in [0.2, 0.25) is 0 Å². The molecule has 0 spiro atoms. The second-order valence-corrected chi connectivity index (χ2v) is 17.4. The molecule has 3 heteroatoms. The molecule has 0 bridgehead atoms. The van der Waals surface area contributed by atoms with Crippen LogP contribution in [-0.4, -0.2) is 12.6 Å². The van der Waals surface area contributed by atoms with E-state index in [-0.39, 0.29) is 0 Å². The lowest BCUT2D eigenvalue weighted by Crippen LogP contribution is -2.37. The SMILES string of the molecule is C[Si](C)(C)c1cccc(-c2cccc(-c3ccc4oc5ccc(-n6c7ccccc7c7ccccc76)cc5c4c3)c2)c1. The molecule has 0 amide bonds. The van der Waals surface area contributed by atoms with Gasteiger partial charge in [-0.1, -0.05) is 110 Å². The summed E-state index contributed by atoms with van der Waals surface area (Å²) in [6.07, 6.45) is 0. The van der Waals surface area contributed by atoms with Crippen molar-refractivity contribution in [3.05, 3.63) is 133 Å². The van der Waals surface area contributed by atoms with Crippen molar-refractivity contribution in [2.45, 2.75) is 19.6 Å². The summed E-state index contributed by atoms with van der Waals surface area (Å²) in [7, 11) is -1.39. The molecule has 0 aliphatic carbocycles. The molecule has 0 aliphatic rings. The highest BCUT2D eigenvalue weighted by Gasteiger charge is 2.17. The topological polar surface area (TPSA) is 18.1 Å². The van der Waals surface area contributed by atoms with E-state index in [1.54, 1.807) is 0 Å². The van der Waals surface area contributed by atoms with Gasteiger partial charge in [-0.3, -0.25) is 0 Å². The summed E-state index contributed by atoms with van der Waals surface area (Å²) in [4.78, 5) is 0. The molecule has 0 saturated heterocycles. The maximum Gasteiger partial charge on any atom is 0.135 e. The first kappa shape index (κ1) is 24.9. The molecule has 0 saturated carbocycles. The zero-order chi connectivity index (χ0) is 28.4. The van der Waals surface area contributed by atoms with Gasteiger partial charge in [-0.05, 0) is 70.8 Å². The van der Waals surface area contributed by atoms with Crippen molar-refractivity contribution in [3.63, 3.8) is 0 Å². The molecule has 42 heavy (non-hydrogen) atoms. The molecule has 0 N–H and O–H groups in total. The van der Waals surface area contributed by atoms with E-state index in [9.17, 15) is 0 Å². The van der Waals surface area contributed by atoms with Gasteiger partial charge in [0.25, 0.3) is 0 Å². The Morgan fingerprint density at radius 3 is 1.67 bits per heavy atom. The Morgan fingerprint density at radius 1 is 0.452 bits per heavy atom. The normalized spacial score (nSPS) is 12.2. The number of para-hydroxylation sites is 2. The van der Waals surface area contributed by atoms with Crippen molar-refractivity contribution in [1.82, 2.24) is 4.57 Å². The Morgan fingerprint density at radius 2 is 1.00 bits per heavy atom. The summed E-state index contributed by atoms with van der Waals surface area (Å²) in [5.74, 6) is 0. The van der Waals surface area contributed by atoms with Gasteiger partial charge in [-0.2, -0.15) is 0 Å². The van der Waals surface area contributed by atoms with Gasteiger partial charge in [0.15, 0.2) is 0 Å². The Labute approximate surface area is 246 Å². The largest absolute Gasteiger partial charge is 0.456 e. The van der Waals surface area contributed by atoms with Gasteiger partial charge in [-0.15, -0.1) is 0 Å². The lowest BCUT2D eigenvalue weighted by Gasteiger charge is -2.17. The Hall–Kier alpha value is -4.86. The molecule has 2 heterocycles. The number of hydrogen-bond donors (Lipinski definition) is 0. The molecule has 2 nitrogen and oxygen atoms in total. The molecule has 6 aromatic carbocycles. The van der Waals surface area contributed by atoms with Crippen LogP contribution in [0.3, 0.4) is 0 Å². The number of rotatable bonds is 4. The zero-order valence-electron chi connectivity index (χ0n) is 24.1. The van der Waals surface area contributed by atoms with E-state index < -0.39 is 8.07 Å². The molecule has 0 radical (unpaired) electrons. The second kappa shape index (κ2) is 9.33. The minimum Gasteiger partial charge on any atom is -0.456 e. The van der Waals surface area contributed by atoms with Gasteiger partial charge >= 0.3 is 0 Å². The van der Waals surface area contributed by atoms with E-state index in [4.69, 9.17) is 4.42 Å². The van der Waals surface area contributed by atoms with Crippen molar-refractivity contribution >= 4 is 57.0 Å². The van der Waals surface area contributed by atoms with E-state index in [0.29, 0.717) is 0 Å². The van der Waals surface area contributed by atoms with Crippen LogP contribution in [0.25, 0.3) is 71.7 Å². The van der Waals surface area contributed by atoms with Crippen LogP contribution in [0.15, 0.2) is 138 Å². The third-order valence-electron chi connectivity index (χ3n) is 8.55. The van der Waals surface area contributed by atoms with E-state index >= 15 is 0 Å². The zero-order valence-corrected chi connectivity index (χ0v) is 25.1. The fourth-order valence-electron chi connectivity index (χ4n) is 6.33. The number of fused-ring (bicyclic) bond motifs is 6. The van der Waals surface area contributed by atoms with E-state index in [0.717, 1.165) is 27.6 Å². The van der Waals surface area contributed by atoms with Gasteiger partial charge < -0.3 is 8.98 Å². The first-order valence-corrected chi connectivity index (χ1v) is 18.1. The predicted octanol–water partition coefficient (Wildman–Crippen LogP) is 10.6. The molecular weight excluding hydrogens is 527 g/mol. The van der Waals surface area contributed by atoms with E-state index in [1.807, 2.05) is 0 Å². The van der Waals surface area contributed by atoms with Crippen LogP contribution in [-0.2, 0) is 0 Å². The second-order valence-electron chi connectivity index (χ2n) is 12.3. The standard InChI is InChI=1S/C39H31NOSi/c1-42(2,3)31-13-9-12-28(23-31)26-10-8-11-27(22-26)29-18-20-38-34(24-29)35-25-30(19-21-39(35)41-38)40-36-16-6-4-14-32(36)33-15-5-7-17-37(33)40/h4-25H,1-3H3. The van der Waals surface area contributed by atoms with Crippen molar-refractivity contribution in [1.29, 1.82) is 0 Å². The van der Waals surface area contributed by atoms with Crippen molar-refractivity contribution in [2.75, 3.05) is 0 Å². The van der Waals surface area contributed by atoms with Crippen LogP contribution in [0.5, 0.6) is 0 Å². The average molecular weight is 558 g/mol. The molecule has 8 aromatic rings. The highest BCUT2D eigenvalue weighted by atomic mass is 28.3. The van der Waals surface area contributed by atoms with Crippen LogP contribution in [0.2, 0.25) is 19.6 Å². The van der Waals surface area contributed by atoms with E-state index in [2.05, 4.69) is 158 Å². The van der Waals surface area contributed by atoms with Crippen molar-refractivity contribution in [3.8, 4) is 27.9 Å². The predicted molar refractivity (Wildman–Crippen MR) is 182 cm³/mol. The number of furan rings is 1. The minimum atomic E-state index is -1.39. The third-order valence-corrected chi connectivity index (χ3v) is 10.6. The van der Waals surface area contributed by atoms with Crippen molar-refractivity contribution < 1.29 is 4.42 Å². The lowest BCUT2D eigenvalue weighted by atomic mass is 9.98. The molecule has 0 unspecified atom stereocenters. The highest BCUT2D eigenvalue weighted by Crippen LogP contribution is 2.37. The first-order chi connectivity index (χ1) is 20.4. The number of nitrogens with zero attached hydrogens (tertiary/aromatic N) is 1. The summed E-state index contributed by atoms with van der Waals surface area (Å²) in [5.41, 5.74) is 10.3. The summed E-state index contributed by atoms with van der Waals surface area (Å²) in [6, 6.07) is 48.4. The van der Waals surface area contributed by atoms with Crippen LogP contribution in [0.4, 0.5) is 0 Å². The minimum absolute atomic E-state index is 0.906. The van der Waals surface area contributed by atoms with Crippen molar-refractivity contribution in [2.24, 2.45) is 0 Å². The smallest absolute Gasteiger partial charge is 0.135 e. The first-order valence-electron chi connectivity index (χ1n) is 14.6. The van der Waals surface area contributed by atoms with Gasteiger partial charge in [0.05, 0.1) is 19.1 Å². The maximum absolute atomic E-state index is 6.32. The van der Waals surface area contributed by atoms with Gasteiger partial charge in [-0.25, -0.2) is 0 Å². The fraction of sp³-hybridized carbons (Fsp3) is 0.0769. The van der Waals surface area contributed by atoms with E-state index in [1.165, 1.54) is 49.2 Å². The Bertz CT molecular complexity index is 2240. The van der Waals surface area contributed by atoms with Crippen LogP contribution in [0, 0.1) is 0 Å². The quantitative estimate of drug-likeness (QED) is 0.197. The average Bonchev–Trinajstić information content (AvgIpc) is 3.56. The maximum atomic E-state index is 6.32. The molecule has 2 aromatic heterocycles. The van der Waals surface area contributed by atoms with Crippen LogP contribution in [0.1, 0.15) is 0 Å². The molecule has 0 fully saturated rings. The Kier molecular flexibility index (Phi) is 5.53. The molecule has 0 atom stereocenters. The highest BCUT2D eigenvalue weighted by molar-refractivity contribution is 6.88. The van der Waals surface area contributed by atoms with Gasteiger partial charge in [0, 0.05) is 27.2 Å². The number of aromatic nitrogens is 1. The molecular formula is C39H31NOSi. The fourth-order valence-corrected chi connectivity index (χ4v) is 7.51. The van der Waals surface area contributed by atoms with Crippen LogP contribution < -0.4 is 5.19 Å². The number of benzene rings is 6. The molecule has 8 rings (SSSR count). The Balaban J connectivity index is 1.26. The van der Waals surface area contributed by atoms with Crippen LogP contribution >= 0.6 is 0 Å². The molecule has 0 aliphatic heterocycles. The lowest BCUT2D eigenvalue weighted by molar-refractivity contribution is 0.669. The summed E-state index contributed by atoms with van der Waals surface area (Å²) < 4.78 is 8.69. The summed E-state index contributed by atoms with van der Waals surface area (Å²) >= 11 is 0. The number of hydrogen-bond acceptors (Lipinski definition) is 1. The van der Waals surface area contributed by atoms with Gasteiger partial charge in [0.1, 0.15) is 11.2 Å². The molecule has 202 valence electrons. The summed E-state index contributed by atoms with van der Waals surface area (Å²) in [6.45, 7) is 7.21. The summed E-state index contributed by atoms with van der Waals surface area (Å²) in [5, 5.41) is 6.28. The monoisotopic (exact) mass is 557 g/mol. The third kappa shape index (κ3) is 4.00.